The first-order valence-electron chi connectivity index (χ1n) is 9.25. The molecule has 0 aliphatic carbocycles. The Kier molecular flexibility index (Phi) is 5.60. The largest absolute Gasteiger partial charge is 0.453 e. The maximum atomic E-state index is 6.14. The van der Waals surface area contributed by atoms with Crippen LogP contribution in [0.4, 0.5) is 11.4 Å². The van der Waals surface area contributed by atoms with Crippen molar-refractivity contribution in [3.8, 4) is 11.5 Å². The van der Waals surface area contributed by atoms with Gasteiger partial charge in [-0.15, -0.1) is 0 Å². The van der Waals surface area contributed by atoms with Crippen LogP contribution in [0.5, 0.6) is 11.5 Å². The molecule has 0 aromatic heterocycles. The Morgan fingerprint density at radius 1 is 1.04 bits per heavy atom. The number of anilines is 2. The predicted octanol–water partition coefficient (Wildman–Crippen LogP) is 7.45. The van der Waals surface area contributed by atoms with Crippen LogP contribution in [0.15, 0.2) is 60.8 Å². The maximum absolute atomic E-state index is 6.14. The van der Waals surface area contributed by atoms with Crippen molar-refractivity contribution in [2.45, 2.75) is 46.0 Å². The fourth-order valence-corrected chi connectivity index (χ4v) is 3.25. The van der Waals surface area contributed by atoms with Crippen molar-refractivity contribution in [1.29, 1.82) is 0 Å². The quantitative estimate of drug-likeness (QED) is 0.488. The van der Waals surface area contributed by atoms with Gasteiger partial charge in [0.25, 0.3) is 0 Å². The highest BCUT2D eigenvalue weighted by Gasteiger charge is 2.25. The topological polar surface area (TPSA) is 12.5 Å². The van der Waals surface area contributed by atoms with Crippen molar-refractivity contribution < 1.29 is 4.74 Å². The van der Waals surface area contributed by atoms with Gasteiger partial charge < -0.3 is 9.64 Å². The molecule has 0 bridgehead atoms. The fourth-order valence-electron chi connectivity index (χ4n) is 3.25. The molecular weight excluding hydrogens is 306 g/mol. The third-order valence-corrected chi connectivity index (χ3v) is 4.64. The van der Waals surface area contributed by atoms with Crippen LogP contribution in [0.25, 0.3) is 6.08 Å². The molecule has 1 aliphatic heterocycles. The molecule has 2 nitrogen and oxygen atoms in total. The first-order valence-corrected chi connectivity index (χ1v) is 9.25. The lowest BCUT2D eigenvalue weighted by Gasteiger charge is -2.33. The minimum atomic E-state index is 0.884. The van der Waals surface area contributed by atoms with Gasteiger partial charge in [0.05, 0.1) is 11.4 Å². The van der Waals surface area contributed by atoms with E-state index < -0.39 is 0 Å². The van der Waals surface area contributed by atoms with Crippen LogP contribution in [0.2, 0.25) is 0 Å². The number of nitrogens with zero attached hydrogens (tertiary/aromatic N) is 1. The molecule has 3 rings (SSSR count). The Labute approximate surface area is 151 Å². The van der Waals surface area contributed by atoms with Gasteiger partial charge in [-0.05, 0) is 49.6 Å². The van der Waals surface area contributed by atoms with Gasteiger partial charge in [0.2, 0.25) is 0 Å². The SMILES string of the molecule is C=Cc1ccc2c(c1)Oc1ccccc1N2C(C)=CCCCCCC. The van der Waals surface area contributed by atoms with Gasteiger partial charge in [0.1, 0.15) is 0 Å². The molecular formula is C23H27NO. The van der Waals surface area contributed by atoms with Gasteiger partial charge >= 0.3 is 0 Å². The number of benzene rings is 2. The zero-order valence-corrected chi connectivity index (χ0v) is 15.3. The molecule has 130 valence electrons. The number of para-hydroxylation sites is 2. The third kappa shape index (κ3) is 3.79. The molecule has 0 saturated heterocycles. The van der Waals surface area contributed by atoms with Crippen molar-refractivity contribution in [1.82, 2.24) is 0 Å². The minimum Gasteiger partial charge on any atom is -0.453 e. The Balaban J connectivity index is 1.92. The second kappa shape index (κ2) is 8.06. The summed E-state index contributed by atoms with van der Waals surface area (Å²) < 4.78 is 6.14. The summed E-state index contributed by atoms with van der Waals surface area (Å²) in [6.45, 7) is 8.30. The van der Waals surface area contributed by atoms with Gasteiger partial charge in [-0.1, -0.05) is 63.1 Å². The molecule has 0 saturated carbocycles. The number of unbranched alkanes of at least 4 members (excludes halogenated alkanes) is 4. The van der Waals surface area contributed by atoms with Gasteiger partial charge in [0, 0.05) is 5.70 Å². The van der Waals surface area contributed by atoms with E-state index in [0.29, 0.717) is 0 Å². The van der Waals surface area contributed by atoms with Crippen LogP contribution in [0.3, 0.4) is 0 Å². The van der Waals surface area contributed by atoms with Crippen LogP contribution in [0, 0.1) is 0 Å². The number of hydrogen-bond acceptors (Lipinski definition) is 2. The Hall–Kier alpha value is -2.48. The molecule has 2 aromatic rings. The predicted molar refractivity (Wildman–Crippen MR) is 108 cm³/mol. The monoisotopic (exact) mass is 333 g/mol. The Morgan fingerprint density at radius 2 is 1.84 bits per heavy atom. The molecule has 2 aromatic carbocycles. The lowest BCUT2D eigenvalue weighted by molar-refractivity contribution is 0.475. The van der Waals surface area contributed by atoms with E-state index in [-0.39, 0.29) is 0 Å². The summed E-state index contributed by atoms with van der Waals surface area (Å²) in [5.74, 6) is 1.78. The summed E-state index contributed by atoms with van der Waals surface area (Å²) in [4.78, 5) is 2.31. The van der Waals surface area contributed by atoms with Crippen molar-refractivity contribution >= 4 is 17.5 Å². The van der Waals surface area contributed by atoms with Crippen LogP contribution in [-0.2, 0) is 0 Å². The van der Waals surface area contributed by atoms with Crippen LogP contribution in [-0.4, -0.2) is 0 Å². The summed E-state index contributed by atoms with van der Waals surface area (Å²) in [5.41, 5.74) is 4.51. The average molecular weight is 333 g/mol. The first kappa shape index (κ1) is 17.3. The zero-order valence-electron chi connectivity index (χ0n) is 15.3. The molecule has 2 heteroatoms. The Bertz CT molecular complexity index is 775. The van der Waals surface area contributed by atoms with Crippen LogP contribution >= 0.6 is 0 Å². The summed E-state index contributed by atoms with van der Waals surface area (Å²) in [7, 11) is 0. The number of hydrogen-bond donors (Lipinski definition) is 0. The highest BCUT2D eigenvalue weighted by atomic mass is 16.5. The van der Waals surface area contributed by atoms with E-state index in [1.165, 1.54) is 31.4 Å². The molecule has 1 aliphatic rings. The minimum absolute atomic E-state index is 0.884. The summed E-state index contributed by atoms with van der Waals surface area (Å²) in [6, 6.07) is 14.5. The Morgan fingerprint density at radius 3 is 2.64 bits per heavy atom. The van der Waals surface area contributed by atoms with Gasteiger partial charge in [-0.25, -0.2) is 0 Å². The zero-order chi connectivity index (χ0) is 17.6. The van der Waals surface area contributed by atoms with Gasteiger partial charge in [-0.3, -0.25) is 0 Å². The molecule has 0 N–H and O–H groups in total. The lowest BCUT2D eigenvalue weighted by atomic mass is 10.1. The summed E-state index contributed by atoms with van der Waals surface area (Å²) >= 11 is 0. The van der Waals surface area contributed by atoms with E-state index in [1.54, 1.807) is 0 Å². The van der Waals surface area contributed by atoms with E-state index in [0.717, 1.165) is 34.9 Å². The van der Waals surface area contributed by atoms with Crippen LogP contribution < -0.4 is 9.64 Å². The number of rotatable bonds is 7. The fraction of sp³-hybridized carbons (Fsp3) is 0.304. The number of allylic oxidation sites excluding steroid dienone is 2. The van der Waals surface area contributed by atoms with Crippen molar-refractivity contribution in [3.63, 3.8) is 0 Å². The molecule has 0 spiro atoms. The maximum Gasteiger partial charge on any atom is 0.152 e. The highest BCUT2D eigenvalue weighted by Crippen LogP contribution is 2.48. The lowest BCUT2D eigenvalue weighted by Crippen LogP contribution is -2.19. The molecule has 1 heterocycles. The number of fused-ring (bicyclic) bond motifs is 2. The standard InChI is InChI=1S/C23H27NO/c1-4-6-7-8-9-12-18(3)24-20-13-10-11-14-22(20)25-23-17-19(5-2)15-16-21(23)24/h5,10-17H,2,4,6-9H2,1,3H3. The molecule has 0 radical (unpaired) electrons. The van der Waals surface area contributed by atoms with E-state index >= 15 is 0 Å². The summed E-state index contributed by atoms with van der Waals surface area (Å²) in [6.07, 6.45) is 10.5. The molecule has 0 atom stereocenters. The first-order chi connectivity index (χ1) is 12.2. The van der Waals surface area contributed by atoms with Crippen molar-refractivity contribution in [2.75, 3.05) is 4.90 Å². The molecule has 0 unspecified atom stereocenters. The third-order valence-electron chi connectivity index (χ3n) is 4.64. The van der Waals surface area contributed by atoms with Gasteiger partial charge in [0.15, 0.2) is 11.5 Å². The normalized spacial score (nSPS) is 13.0. The van der Waals surface area contributed by atoms with E-state index in [4.69, 9.17) is 4.74 Å². The van der Waals surface area contributed by atoms with E-state index in [2.05, 4.69) is 61.7 Å². The van der Waals surface area contributed by atoms with Gasteiger partial charge in [-0.2, -0.15) is 0 Å². The number of ether oxygens (including phenoxy) is 1. The van der Waals surface area contributed by atoms with Crippen molar-refractivity contribution in [2.24, 2.45) is 0 Å². The summed E-state index contributed by atoms with van der Waals surface area (Å²) in [5, 5.41) is 0. The second-order valence-electron chi connectivity index (χ2n) is 6.53. The van der Waals surface area contributed by atoms with Crippen molar-refractivity contribution in [3.05, 3.63) is 66.4 Å². The molecule has 25 heavy (non-hydrogen) atoms. The smallest absolute Gasteiger partial charge is 0.152 e. The highest BCUT2D eigenvalue weighted by molar-refractivity contribution is 5.81. The van der Waals surface area contributed by atoms with E-state index in [1.807, 2.05) is 18.2 Å². The molecule has 0 fully saturated rings. The van der Waals surface area contributed by atoms with Crippen LogP contribution in [0.1, 0.15) is 51.5 Å². The van der Waals surface area contributed by atoms with E-state index in [9.17, 15) is 0 Å². The molecule has 0 amide bonds. The average Bonchev–Trinajstić information content (AvgIpc) is 2.65. The second-order valence-corrected chi connectivity index (χ2v) is 6.53.